The van der Waals surface area contributed by atoms with Crippen LogP contribution < -0.4 is 24.8 Å². The second-order valence-electron chi connectivity index (χ2n) is 4.57. The maximum Gasteiger partial charge on any atom is 4.00 e. The number of halogens is 2. The molecule has 3 heteroatoms. The summed E-state index contributed by atoms with van der Waals surface area (Å²) in [6, 6.07) is 13.1. The molecule has 0 radical (unpaired) electrons. The van der Waals surface area contributed by atoms with Crippen LogP contribution in [-0.4, -0.2) is 0 Å². The van der Waals surface area contributed by atoms with E-state index in [9.17, 15) is 0 Å². The Hall–Kier alpha value is 0.150. The van der Waals surface area contributed by atoms with Crippen molar-refractivity contribution in [2.45, 2.75) is 53.4 Å². The fourth-order valence-electron chi connectivity index (χ4n) is 2.37. The molecular weight excluding hydrogens is 466 g/mol. The van der Waals surface area contributed by atoms with Gasteiger partial charge in [-0.15, -0.1) is 0 Å². The van der Waals surface area contributed by atoms with Crippen molar-refractivity contribution < 1.29 is 50.7 Å². The monoisotopic (exact) mass is 492 g/mol. The fourth-order valence-corrected chi connectivity index (χ4v) is 2.37. The Morgan fingerprint density at radius 3 is 1.24 bits per heavy atom. The third-order valence-electron chi connectivity index (χ3n) is 3.54. The number of hydrogen-bond acceptors (Lipinski definition) is 0. The van der Waals surface area contributed by atoms with Crippen molar-refractivity contribution in [3.63, 3.8) is 0 Å². The minimum Gasteiger partial charge on any atom is -1.00 e. The van der Waals surface area contributed by atoms with E-state index in [4.69, 9.17) is 0 Å². The van der Waals surface area contributed by atoms with Crippen LogP contribution in [0.4, 0.5) is 0 Å². The molecule has 0 N–H and O–H groups in total. The van der Waals surface area contributed by atoms with Crippen molar-refractivity contribution in [2.75, 3.05) is 0 Å². The van der Waals surface area contributed by atoms with Gasteiger partial charge in [0.2, 0.25) is 0 Å². The first-order valence-electron chi connectivity index (χ1n) is 7.23. The molecule has 2 aromatic carbocycles. The van der Waals surface area contributed by atoms with Crippen LogP contribution in [0.2, 0.25) is 0 Å². The van der Waals surface area contributed by atoms with Gasteiger partial charge in [-0.2, -0.15) is 34.4 Å². The van der Waals surface area contributed by atoms with Gasteiger partial charge in [0.25, 0.3) is 0 Å². The summed E-state index contributed by atoms with van der Waals surface area (Å²) in [4.78, 5) is 0. The largest absolute Gasteiger partial charge is 4.00 e. The average molecular weight is 492 g/mol. The molecule has 0 aliphatic rings. The molecule has 0 aliphatic carbocycles. The van der Waals surface area contributed by atoms with Crippen molar-refractivity contribution in [1.29, 1.82) is 0 Å². The van der Waals surface area contributed by atoms with Crippen molar-refractivity contribution in [3.8, 4) is 0 Å². The Bertz CT molecular complexity index is 364. The average Bonchev–Trinajstić information content (AvgIpc) is 3.06. The van der Waals surface area contributed by atoms with Crippen LogP contribution in [0.25, 0.3) is 0 Å². The second kappa shape index (κ2) is 15.1. The van der Waals surface area contributed by atoms with E-state index < -0.39 is 0 Å². The first-order valence-corrected chi connectivity index (χ1v) is 7.23. The quantitative estimate of drug-likeness (QED) is 0.383. The molecular formula is C18H26Cl2Hf. The Labute approximate surface area is 162 Å². The van der Waals surface area contributed by atoms with Crippen molar-refractivity contribution >= 4 is 0 Å². The van der Waals surface area contributed by atoms with Crippen LogP contribution >= 0.6 is 0 Å². The summed E-state index contributed by atoms with van der Waals surface area (Å²) in [6.45, 7) is 8.81. The molecule has 0 unspecified atom stereocenters. The predicted molar refractivity (Wildman–Crippen MR) is 81.6 cm³/mol. The van der Waals surface area contributed by atoms with E-state index in [1.54, 1.807) is 0 Å². The second-order valence-corrected chi connectivity index (χ2v) is 4.57. The molecule has 0 saturated heterocycles. The third kappa shape index (κ3) is 8.38. The molecule has 0 nitrogen and oxygen atoms in total. The summed E-state index contributed by atoms with van der Waals surface area (Å²) in [5.41, 5.74) is 6.05. The normalized spacial score (nSPS) is 8.57. The Kier molecular flexibility index (Phi) is 18.7. The van der Waals surface area contributed by atoms with Gasteiger partial charge in [-0.25, -0.2) is 24.3 Å². The maximum atomic E-state index is 2.21. The molecule has 0 atom stereocenters. The zero-order chi connectivity index (χ0) is 13.4. The van der Waals surface area contributed by atoms with Crippen LogP contribution in [-0.2, 0) is 51.5 Å². The number of hydrogen-bond donors (Lipinski definition) is 0. The van der Waals surface area contributed by atoms with Crippen LogP contribution in [0.15, 0.2) is 36.4 Å². The van der Waals surface area contributed by atoms with Gasteiger partial charge in [-0.05, 0) is 0 Å². The number of aryl methyl sites for hydroxylation is 4. The summed E-state index contributed by atoms with van der Waals surface area (Å²) in [7, 11) is 0. The van der Waals surface area contributed by atoms with Gasteiger partial charge in [0, 0.05) is 0 Å². The molecule has 116 valence electrons. The summed E-state index contributed by atoms with van der Waals surface area (Å²) >= 11 is 0. The van der Waals surface area contributed by atoms with E-state index >= 15 is 0 Å². The van der Waals surface area contributed by atoms with E-state index in [1.165, 1.54) is 47.9 Å². The molecule has 0 fully saturated rings. The van der Waals surface area contributed by atoms with Gasteiger partial charge in [0.05, 0.1) is 0 Å². The fraction of sp³-hybridized carbons (Fsp3) is 0.444. The van der Waals surface area contributed by atoms with Crippen molar-refractivity contribution in [3.05, 3.63) is 58.7 Å². The molecule has 2 aromatic rings. The molecule has 0 aliphatic heterocycles. The Morgan fingerprint density at radius 2 is 1.05 bits per heavy atom. The summed E-state index contributed by atoms with van der Waals surface area (Å²) in [5, 5.41) is 0. The first-order chi connectivity index (χ1) is 8.76. The van der Waals surface area contributed by atoms with E-state index in [0.29, 0.717) is 0 Å². The zero-order valence-corrected chi connectivity index (χ0v) is 18.7. The van der Waals surface area contributed by atoms with E-state index in [-0.39, 0.29) is 50.7 Å². The predicted octanol–water partition coefficient (Wildman–Crippen LogP) is -0.934. The Morgan fingerprint density at radius 1 is 0.714 bits per heavy atom. The van der Waals surface area contributed by atoms with Gasteiger partial charge < -0.3 is 24.8 Å². The molecule has 0 saturated carbocycles. The SMILES string of the molecule is CCc1ccc[c-]1CC.CCc1ccc[c-]1CC.[Cl-].[Cl-].[Hf+4]. The van der Waals surface area contributed by atoms with E-state index in [2.05, 4.69) is 64.1 Å². The summed E-state index contributed by atoms with van der Waals surface area (Å²) in [6.07, 6.45) is 4.71. The summed E-state index contributed by atoms with van der Waals surface area (Å²) in [5.74, 6) is 0. The standard InChI is InChI=1S/2C9H13.2ClH.Hf/c2*1-3-8-6-5-7-9(8)4-2;;;/h2*5-7H,3-4H2,1-2H3;2*1H;/q2*-1;;;+4/p-2. The van der Waals surface area contributed by atoms with E-state index in [1.807, 2.05) is 0 Å². The van der Waals surface area contributed by atoms with Crippen LogP contribution in [0, 0.1) is 0 Å². The van der Waals surface area contributed by atoms with Gasteiger partial charge in [0.15, 0.2) is 0 Å². The van der Waals surface area contributed by atoms with Crippen molar-refractivity contribution in [1.82, 2.24) is 0 Å². The molecule has 0 spiro atoms. The van der Waals surface area contributed by atoms with Gasteiger partial charge in [-0.3, -0.25) is 0 Å². The van der Waals surface area contributed by atoms with Crippen molar-refractivity contribution in [2.24, 2.45) is 0 Å². The minimum atomic E-state index is 0. The minimum absolute atomic E-state index is 0. The van der Waals surface area contributed by atoms with Crippen LogP contribution in [0.3, 0.4) is 0 Å². The molecule has 0 amide bonds. The third-order valence-corrected chi connectivity index (χ3v) is 3.54. The molecule has 21 heavy (non-hydrogen) atoms. The van der Waals surface area contributed by atoms with Gasteiger partial charge in [-0.1, -0.05) is 53.4 Å². The molecule has 0 aromatic heterocycles. The molecule has 2 rings (SSSR count). The summed E-state index contributed by atoms with van der Waals surface area (Å²) < 4.78 is 0. The van der Waals surface area contributed by atoms with Crippen LogP contribution in [0.5, 0.6) is 0 Å². The molecule has 0 heterocycles. The zero-order valence-electron chi connectivity index (χ0n) is 13.5. The van der Waals surface area contributed by atoms with Gasteiger partial charge in [0.1, 0.15) is 0 Å². The molecule has 0 bridgehead atoms. The van der Waals surface area contributed by atoms with Gasteiger partial charge >= 0.3 is 25.8 Å². The number of rotatable bonds is 4. The van der Waals surface area contributed by atoms with Crippen LogP contribution in [0.1, 0.15) is 49.9 Å². The Balaban J connectivity index is -0.000000270. The smallest absolute Gasteiger partial charge is 1.00 e. The topological polar surface area (TPSA) is 0 Å². The first kappa shape index (κ1) is 26.1. The maximum absolute atomic E-state index is 2.21. The van der Waals surface area contributed by atoms with E-state index in [0.717, 1.165) is 0 Å².